The Balaban J connectivity index is 2.33. The van der Waals surface area contributed by atoms with Gasteiger partial charge in [-0.2, -0.15) is 0 Å². The Kier molecular flexibility index (Phi) is 3.38. The molecule has 16 heavy (non-hydrogen) atoms. The second-order valence-corrected chi connectivity index (χ2v) is 5.38. The van der Waals surface area contributed by atoms with E-state index in [1.165, 1.54) is 6.07 Å². The van der Waals surface area contributed by atoms with Gasteiger partial charge in [-0.15, -0.1) is 0 Å². The second-order valence-electron chi connectivity index (χ2n) is 4.52. The van der Waals surface area contributed by atoms with Crippen molar-refractivity contribution < 1.29 is 4.39 Å². The summed E-state index contributed by atoms with van der Waals surface area (Å²) in [7, 11) is 0. The Morgan fingerprint density at radius 1 is 1.38 bits per heavy atom. The van der Waals surface area contributed by atoms with E-state index < -0.39 is 0 Å². The van der Waals surface area contributed by atoms with E-state index in [-0.39, 0.29) is 5.82 Å². The Bertz CT molecular complexity index is 393. The van der Waals surface area contributed by atoms with Crippen molar-refractivity contribution in [3.63, 3.8) is 0 Å². The highest BCUT2D eigenvalue weighted by molar-refractivity contribution is 9.10. The minimum absolute atomic E-state index is 0.226. The van der Waals surface area contributed by atoms with Gasteiger partial charge in [0, 0.05) is 18.7 Å². The van der Waals surface area contributed by atoms with Crippen molar-refractivity contribution in [2.75, 3.05) is 17.2 Å². The molecule has 0 aromatic heterocycles. The van der Waals surface area contributed by atoms with Crippen LogP contribution >= 0.6 is 15.9 Å². The Morgan fingerprint density at radius 2 is 2.12 bits per heavy atom. The largest absolute Gasteiger partial charge is 0.383 e. The SMILES string of the molecule is CC(C)C1CCNc2cc(F)c(Br)cc2N1. The molecule has 0 amide bonds. The molecule has 2 rings (SSSR count). The molecule has 0 saturated heterocycles. The second kappa shape index (κ2) is 4.62. The van der Waals surface area contributed by atoms with Crippen molar-refractivity contribution in [2.45, 2.75) is 26.3 Å². The zero-order chi connectivity index (χ0) is 11.7. The van der Waals surface area contributed by atoms with Gasteiger partial charge in [0.25, 0.3) is 0 Å². The van der Waals surface area contributed by atoms with Crippen molar-refractivity contribution >= 4 is 27.3 Å². The first kappa shape index (κ1) is 11.7. The predicted molar refractivity (Wildman–Crippen MR) is 69.5 cm³/mol. The molecule has 4 heteroatoms. The average Bonchev–Trinajstić information content (AvgIpc) is 2.41. The minimum Gasteiger partial charge on any atom is -0.383 e. The Labute approximate surface area is 104 Å². The van der Waals surface area contributed by atoms with E-state index in [1.807, 2.05) is 0 Å². The van der Waals surface area contributed by atoms with Gasteiger partial charge < -0.3 is 10.6 Å². The quantitative estimate of drug-likeness (QED) is 0.820. The molecular formula is C12H16BrFN2. The molecule has 0 fully saturated rings. The number of fused-ring (bicyclic) bond motifs is 1. The average molecular weight is 287 g/mol. The third kappa shape index (κ3) is 2.32. The monoisotopic (exact) mass is 286 g/mol. The number of anilines is 2. The van der Waals surface area contributed by atoms with Gasteiger partial charge in [0.1, 0.15) is 5.82 Å². The molecule has 1 aromatic rings. The standard InChI is InChI=1S/C12H16BrFN2/c1-7(2)10-3-4-15-11-6-9(14)8(13)5-12(11)16-10/h5-7,10,15-16H,3-4H2,1-2H3. The molecule has 1 unspecified atom stereocenters. The zero-order valence-electron chi connectivity index (χ0n) is 9.48. The molecule has 2 N–H and O–H groups in total. The van der Waals surface area contributed by atoms with Gasteiger partial charge in [-0.05, 0) is 34.3 Å². The maximum Gasteiger partial charge on any atom is 0.139 e. The van der Waals surface area contributed by atoms with E-state index in [1.54, 1.807) is 6.07 Å². The van der Waals surface area contributed by atoms with Crippen LogP contribution in [-0.2, 0) is 0 Å². The summed E-state index contributed by atoms with van der Waals surface area (Å²) in [6.45, 7) is 5.27. The summed E-state index contributed by atoms with van der Waals surface area (Å²) in [6.07, 6.45) is 1.05. The molecule has 1 heterocycles. The number of rotatable bonds is 1. The van der Waals surface area contributed by atoms with Crippen LogP contribution in [0.1, 0.15) is 20.3 Å². The molecule has 0 aliphatic carbocycles. The summed E-state index contributed by atoms with van der Waals surface area (Å²) in [5, 5.41) is 6.72. The fourth-order valence-electron chi connectivity index (χ4n) is 1.95. The molecule has 1 atom stereocenters. The molecule has 2 nitrogen and oxygen atoms in total. The Morgan fingerprint density at radius 3 is 2.81 bits per heavy atom. The van der Waals surface area contributed by atoms with Crippen LogP contribution in [0.2, 0.25) is 0 Å². The van der Waals surface area contributed by atoms with Crippen LogP contribution < -0.4 is 10.6 Å². The molecule has 0 radical (unpaired) electrons. The smallest absolute Gasteiger partial charge is 0.139 e. The zero-order valence-corrected chi connectivity index (χ0v) is 11.1. The van der Waals surface area contributed by atoms with Gasteiger partial charge in [0.15, 0.2) is 0 Å². The summed E-state index contributed by atoms with van der Waals surface area (Å²) >= 11 is 3.21. The number of halogens is 2. The molecule has 0 spiro atoms. The predicted octanol–water partition coefficient (Wildman–Crippen LogP) is 3.84. The van der Waals surface area contributed by atoms with Crippen molar-refractivity contribution in [3.05, 3.63) is 22.4 Å². The summed E-state index contributed by atoms with van der Waals surface area (Å²) in [4.78, 5) is 0. The van der Waals surface area contributed by atoms with Crippen molar-refractivity contribution in [2.24, 2.45) is 5.92 Å². The highest BCUT2D eigenvalue weighted by Crippen LogP contribution is 2.32. The number of benzene rings is 1. The van der Waals surface area contributed by atoms with Crippen LogP contribution in [0.3, 0.4) is 0 Å². The Hall–Kier alpha value is -0.770. The van der Waals surface area contributed by atoms with Crippen LogP contribution in [0.25, 0.3) is 0 Å². The van der Waals surface area contributed by atoms with Gasteiger partial charge in [-0.1, -0.05) is 13.8 Å². The van der Waals surface area contributed by atoms with E-state index in [2.05, 4.69) is 40.4 Å². The van der Waals surface area contributed by atoms with Crippen molar-refractivity contribution in [1.82, 2.24) is 0 Å². The summed E-state index contributed by atoms with van der Waals surface area (Å²) in [6, 6.07) is 3.78. The first-order valence-corrected chi connectivity index (χ1v) is 6.36. The first-order chi connectivity index (χ1) is 7.58. The van der Waals surface area contributed by atoms with Gasteiger partial charge in [-0.25, -0.2) is 4.39 Å². The van der Waals surface area contributed by atoms with Gasteiger partial charge >= 0.3 is 0 Å². The lowest BCUT2D eigenvalue weighted by Crippen LogP contribution is -2.25. The molecule has 1 aliphatic heterocycles. The molecular weight excluding hydrogens is 271 g/mol. The highest BCUT2D eigenvalue weighted by Gasteiger charge is 2.19. The molecule has 0 saturated carbocycles. The van der Waals surface area contributed by atoms with Crippen molar-refractivity contribution in [3.8, 4) is 0 Å². The van der Waals surface area contributed by atoms with E-state index in [0.29, 0.717) is 16.4 Å². The maximum atomic E-state index is 13.4. The maximum absolute atomic E-state index is 13.4. The minimum atomic E-state index is -0.226. The highest BCUT2D eigenvalue weighted by atomic mass is 79.9. The lowest BCUT2D eigenvalue weighted by molar-refractivity contribution is 0.507. The number of nitrogens with one attached hydrogen (secondary N) is 2. The summed E-state index contributed by atoms with van der Waals surface area (Å²) in [5.41, 5.74) is 1.83. The summed E-state index contributed by atoms with van der Waals surface area (Å²) < 4.78 is 13.9. The van der Waals surface area contributed by atoms with Crippen LogP contribution in [0.4, 0.5) is 15.8 Å². The van der Waals surface area contributed by atoms with Crippen LogP contribution in [0.15, 0.2) is 16.6 Å². The number of hydrogen-bond acceptors (Lipinski definition) is 2. The molecule has 88 valence electrons. The normalized spacial score (nSPS) is 19.7. The van der Waals surface area contributed by atoms with E-state index in [4.69, 9.17) is 0 Å². The third-order valence-electron chi connectivity index (χ3n) is 2.98. The molecule has 0 bridgehead atoms. The van der Waals surface area contributed by atoms with E-state index in [9.17, 15) is 4.39 Å². The van der Waals surface area contributed by atoms with Crippen molar-refractivity contribution in [1.29, 1.82) is 0 Å². The van der Waals surface area contributed by atoms with Gasteiger partial charge in [0.05, 0.1) is 15.8 Å². The summed E-state index contributed by atoms with van der Waals surface area (Å²) in [5.74, 6) is 0.340. The van der Waals surface area contributed by atoms with Crippen LogP contribution in [0, 0.1) is 11.7 Å². The fourth-order valence-corrected chi connectivity index (χ4v) is 2.29. The first-order valence-electron chi connectivity index (χ1n) is 5.57. The lowest BCUT2D eigenvalue weighted by atomic mass is 10.0. The number of hydrogen-bond donors (Lipinski definition) is 2. The van der Waals surface area contributed by atoms with Crippen LogP contribution in [-0.4, -0.2) is 12.6 Å². The molecule has 1 aromatic carbocycles. The third-order valence-corrected chi connectivity index (χ3v) is 3.58. The fraction of sp³-hybridized carbons (Fsp3) is 0.500. The van der Waals surface area contributed by atoms with E-state index >= 15 is 0 Å². The van der Waals surface area contributed by atoms with Gasteiger partial charge in [0.2, 0.25) is 0 Å². The topological polar surface area (TPSA) is 24.1 Å². The van der Waals surface area contributed by atoms with Crippen LogP contribution in [0.5, 0.6) is 0 Å². The lowest BCUT2D eigenvalue weighted by Gasteiger charge is -2.21. The molecule has 1 aliphatic rings. The van der Waals surface area contributed by atoms with E-state index in [0.717, 1.165) is 24.3 Å². The van der Waals surface area contributed by atoms with Gasteiger partial charge in [-0.3, -0.25) is 0 Å².